The van der Waals surface area contributed by atoms with Crippen LogP contribution in [0.25, 0.3) is 11.0 Å². The molecular formula is C23H31N3O6. The fraction of sp³-hybridized carbons (Fsp3) is 0.609. The molecule has 2 aromatic heterocycles. The predicted octanol–water partition coefficient (Wildman–Crippen LogP) is 2.63. The summed E-state index contributed by atoms with van der Waals surface area (Å²) < 4.78 is 12.9. The Hall–Kier alpha value is -2.65. The quantitative estimate of drug-likeness (QED) is 0.727. The lowest BCUT2D eigenvalue weighted by molar-refractivity contribution is -0.234. The van der Waals surface area contributed by atoms with Gasteiger partial charge in [0.25, 0.3) is 5.56 Å². The summed E-state index contributed by atoms with van der Waals surface area (Å²) in [6.07, 6.45) is 0.339. The van der Waals surface area contributed by atoms with Crippen LogP contribution < -0.4 is 10.3 Å². The number of aliphatic hydroxyl groups excluding tert-OH is 1. The number of methoxy groups -OCH3 is 1. The monoisotopic (exact) mass is 445 g/mol. The molecule has 1 atom stereocenters. The van der Waals surface area contributed by atoms with Crippen LogP contribution in [0.5, 0.6) is 5.88 Å². The van der Waals surface area contributed by atoms with Crippen molar-refractivity contribution in [2.24, 2.45) is 0 Å². The van der Waals surface area contributed by atoms with Gasteiger partial charge >= 0.3 is 6.09 Å². The SMILES string of the molecule is COc1ccc2ccc(=O)n(CC(O)C34CCC(N(C(=O)O)C(C)(C)C)(CC3)CO4)c2n1. The van der Waals surface area contributed by atoms with Crippen LogP contribution in [0.3, 0.4) is 0 Å². The Kier molecular flexibility index (Phi) is 5.45. The largest absolute Gasteiger partial charge is 0.481 e. The summed E-state index contributed by atoms with van der Waals surface area (Å²) >= 11 is 0. The zero-order valence-corrected chi connectivity index (χ0v) is 19.0. The lowest BCUT2D eigenvalue weighted by Crippen LogP contribution is -2.70. The van der Waals surface area contributed by atoms with Crippen molar-refractivity contribution in [1.29, 1.82) is 0 Å². The molecule has 2 aliphatic heterocycles. The van der Waals surface area contributed by atoms with Crippen LogP contribution >= 0.6 is 0 Å². The van der Waals surface area contributed by atoms with Crippen LogP contribution in [0.15, 0.2) is 29.1 Å². The molecule has 1 unspecified atom stereocenters. The van der Waals surface area contributed by atoms with Crippen molar-refractivity contribution in [3.05, 3.63) is 34.6 Å². The lowest BCUT2D eigenvalue weighted by Gasteiger charge is -2.60. The minimum Gasteiger partial charge on any atom is -0.481 e. The maximum absolute atomic E-state index is 12.6. The molecule has 32 heavy (non-hydrogen) atoms. The number of nitrogens with zero attached hydrogens (tertiary/aromatic N) is 3. The first-order chi connectivity index (χ1) is 15.0. The molecular weight excluding hydrogens is 414 g/mol. The van der Waals surface area contributed by atoms with Gasteiger partial charge in [-0.15, -0.1) is 0 Å². The van der Waals surface area contributed by atoms with Crippen LogP contribution in [-0.2, 0) is 11.3 Å². The minimum absolute atomic E-state index is 0.0330. The molecule has 4 heterocycles. The average Bonchev–Trinajstić information content (AvgIpc) is 2.75. The summed E-state index contributed by atoms with van der Waals surface area (Å²) in [4.78, 5) is 30.6. The number of rotatable bonds is 5. The van der Waals surface area contributed by atoms with E-state index in [1.54, 1.807) is 12.1 Å². The summed E-state index contributed by atoms with van der Waals surface area (Å²) in [7, 11) is 1.51. The summed E-state index contributed by atoms with van der Waals surface area (Å²) in [6.45, 7) is 5.91. The Bertz CT molecular complexity index is 1060. The summed E-state index contributed by atoms with van der Waals surface area (Å²) in [5, 5.41) is 21.9. The number of amides is 1. The third kappa shape index (κ3) is 3.63. The van der Waals surface area contributed by atoms with Gasteiger partial charge in [0.05, 0.1) is 31.4 Å². The molecule has 9 heteroatoms. The highest BCUT2D eigenvalue weighted by molar-refractivity contribution is 5.75. The van der Waals surface area contributed by atoms with Crippen molar-refractivity contribution in [3.63, 3.8) is 0 Å². The molecule has 0 radical (unpaired) electrons. The Morgan fingerprint density at radius 1 is 1.25 bits per heavy atom. The van der Waals surface area contributed by atoms with Crippen molar-refractivity contribution < 1.29 is 24.5 Å². The third-order valence-electron chi connectivity index (χ3n) is 6.97. The van der Waals surface area contributed by atoms with E-state index in [4.69, 9.17) is 9.47 Å². The Morgan fingerprint density at radius 2 is 1.91 bits per heavy atom. The molecule has 2 N–H and O–H groups in total. The highest BCUT2D eigenvalue weighted by Crippen LogP contribution is 2.50. The zero-order chi connectivity index (χ0) is 23.3. The maximum Gasteiger partial charge on any atom is 0.408 e. The smallest absolute Gasteiger partial charge is 0.408 e. The second-order valence-electron chi connectivity index (χ2n) is 9.93. The molecule has 174 valence electrons. The number of aliphatic hydroxyl groups is 1. The van der Waals surface area contributed by atoms with Gasteiger partial charge in [0.1, 0.15) is 11.8 Å². The molecule has 1 saturated carbocycles. The van der Waals surface area contributed by atoms with E-state index in [2.05, 4.69) is 4.98 Å². The van der Waals surface area contributed by atoms with E-state index in [0.29, 0.717) is 37.2 Å². The second kappa shape index (κ2) is 7.74. The van der Waals surface area contributed by atoms with Crippen molar-refractivity contribution in [2.45, 2.75) is 75.8 Å². The van der Waals surface area contributed by atoms with E-state index in [1.165, 1.54) is 22.6 Å². The second-order valence-corrected chi connectivity index (χ2v) is 9.93. The van der Waals surface area contributed by atoms with Gasteiger partial charge in [-0.05, 0) is 58.6 Å². The molecule has 9 nitrogen and oxygen atoms in total. The molecule has 3 fully saturated rings. The van der Waals surface area contributed by atoms with E-state index < -0.39 is 28.9 Å². The van der Waals surface area contributed by atoms with Crippen LogP contribution in [0.1, 0.15) is 46.5 Å². The number of pyridine rings is 2. The summed E-state index contributed by atoms with van der Waals surface area (Å²) in [6, 6.07) is 6.70. The molecule has 0 spiro atoms. The number of hydrogen-bond donors (Lipinski definition) is 2. The van der Waals surface area contributed by atoms with Crippen molar-refractivity contribution in [2.75, 3.05) is 13.7 Å². The first-order valence-corrected chi connectivity index (χ1v) is 10.9. The van der Waals surface area contributed by atoms with Gasteiger partial charge in [0, 0.05) is 23.1 Å². The zero-order valence-electron chi connectivity index (χ0n) is 19.0. The van der Waals surface area contributed by atoms with Gasteiger partial charge in [0.15, 0.2) is 0 Å². The van der Waals surface area contributed by atoms with Crippen LogP contribution in [0.2, 0.25) is 0 Å². The number of fused-ring (bicyclic) bond motifs is 4. The predicted molar refractivity (Wildman–Crippen MR) is 118 cm³/mol. The number of ether oxygens (including phenoxy) is 2. The van der Waals surface area contributed by atoms with E-state index in [1.807, 2.05) is 26.8 Å². The van der Waals surface area contributed by atoms with E-state index >= 15 is 0 Å². The summed E-state index contributed by atoms with van der Waals surface area (Å²) in [5.41, 5.74) is -1.80. The fourth-order valence-corrected chi connectivity index (χ4v) is 5.40. The molecule has 2 bridgehead atoms. The fourth-order valence-electron chi connectivity index (χ4n) is 5.40. The Morgan fingerprint density at radius 3 is 2.44 bits per heavy atom. The van der Waals surface area contributed by atoms with Gasteiger partial charge < -0.3 is 19.7 Å². The minimum atomic E-state index is -0.960. The van der Waals surface area contributed by atoms with Gasteiger partial charge in [-0.25, -0.2) is 4.79 Å². The summed E-state index contributed by atoms with van der Waals surface area (Å²) in [5.74, 6) is 0.386. The number of aromatic nitrogens is 2. The molecule has 1 amide bonds. The molecule has 1 aliphatic carbocycles. The van der Waals surface area contributed by atoms with Crippen molar-refractivity contribution in [3.8, 4) is 5.88 Å². The van der Waals surface area contributed by atoms with Gasteiger partial charge in [-0.1, -0.05) is 0 Å². The average molecular weight is 446 g/mol. The normalized spacial score (nSPS) is 26.2. The Labute approximate surface area is 186 Å². The van der Waals surface area contributed by atoms with Crippen molar-refractivity contribution in [1.82, 2.24) is 14.5 Å². The highest BCUT2D eigenvalue weighted by Gasteiger charge is 2.58. The van der Waals surface area contributed by atoms with Gasteiger partial charge in [-0.3, -0.25) is 14.3 Å². The van der Waals surface area contributed by atoms with Crippen LogP contribution in [-0.4, -0.2) is 67.3 Å². The number of carboxylic acid groups (broad SMARTS) is 1. The topological polar surface area (TPSA) is 114 Å². The van der Waals surface area contributed by atoms with Gasteiger partial charge in [0.2, 0.25) is 5.88 Å². The first kappa shape index (κ1) is 22.5. The molecule has 3 aliphatic rings. The molecule has 2 saturated heterocycles. The lowest BCUT2D eigenvalue weighted by atomic mass is 9.67. The highest BCUT2D eigenvalue weighted by atomic mass is 16.5. The molecule has 5 rings (SSSR count). The van der Waals surface area contributed by atoms with Crippen LogP contribution in [0, 0.1) is 0 Å². The number of carbonyl (C=O) groups is 1. The van der Waals surface area contributed by atoms with Crippen molar-refractivity contribution >= 4 is 17.1 Å². The van der Waals surface area contributed by atoms with E-state index in [-0.39, 0.29) is 18.7 Å². The van der Waals surface area contributed by atoms with E-state index in [9.17, 15) is 19.8 Å². The van der Waals surface area contributed by atoms with E-state index in [0.717, 1.165) is 5.39 Å². The van der Waals surface area contributed by atoms with Crippen LogP contribution in [0.4, 0.5) is 4.79 Å². The maximum atomic E-state index is 12.6. The third-order valence-corrected chi connectivity index (χ3v) is 6.97. The number of hydrogen-bond acceptors (Lipinski definition) is 6. The standard InChI is InChI=1S/C23H31N3O6/c1-21(2,3)26(20(29)30)22-9-11-23(12-10-22,32-14-22)16(27)13-25-18(28)8-6-15-5-7-17(31-4)24-19(15)25/h5-8,16,27H,9-14H2,1-4H3,(H,29,30). The molecule has 0 aromatic carbocycles. The van der Waals surface area contributed by atoms with Gasteiger partial charge in [-0.2, -0.15) is 4.98 Å². The first-order valence-electron chi connectivity index (χ1n) is 10.9. The Balaban J connectivity index is 1.60. The molecule has 2 aromatic rings.